The summed E-state index contributed by atoms with van der Waals surface area (Å²) in [5.41, 5.74) is 5.19. The van der Waals surface area contributed by atoms with E-state index < -0.39 is 15.8 Å². The molecule has 0 bridgehead atoms. The minimum Gasteiger partial charge on any atom is -0.478 e. The van der Waals surface area contributed by atoms with Crippen molar-refractivity contribution in [3.05, 3.63) is 53.6 Å². The molecule has 3 unspecified atom stereocenters. The Kier molecular flexibility index (Phi) is 9.16. The summed E-state index contributed by atoms with van der Waals surface area (Å²) >= 11 is 0. The van der Waals surface area contributed by atoms with Crippen LogP contribution in [0.4, 0.5) is 0 Å². The number of carbonyl (C=O) groups is 1. The first kappa shape index (κ1) is 36.4. The standard InChI is InChI=1S/C43H64N2O4S/c1-28(2)32-16-21-43(45-25-24-44-27-31-9-8-26-50(31,48)49)23-22-41(6)34(37(32)43)14-15-36-40(5)19-17-33(29-10-12-30(13-11-29)38(46)47)39(3,4)35(40)18-20-42(36,41)7/h10-13,17,31-32,34-37,44-45H,1,8-9,14-16,18-27H2,2-7H3,(H,46,47)/t31-,32-,34+,35?,36?,37?,40-,41+,42+,43-/m0/s1. The fraction of sp³-hybridized carbons (Fsp3) is 0.744. The van der Waals surface area contributed by atoms with E-state index in [1.165, 1.54) is 68.1 Å². The summed E-state index contributed by atoms with van der Waals surface area (Å²) in [4.78, 5) is 11.6. The Morgan fingerprint density at radius 2 is 1.64 bits per heavy atom. The molecular weight excluding hydrogens is 641 g/mol. The molecular formula is C43H64N2O4S. The zero-order valence-electron chi connectivity index (χ0n) is 31.7. The summed E-state index contributed by atoms with van der Waals surface area (Å²) in [5.74, 6) is 2.56. The lowest BCUT2D eigenvalue weighted by Crippen LogP contribution is -2.68. The zero-order chi connectivity index (χ0) is 35.9. The van der Waals surface area contributed by atoms with Crippen molar-refractivity contribution in [2.75, 3.05) is 25.4 Å². The molecule has 0 aromatic heterocycles. The van der Waals surface area contributed by atoms with Gasteiger partial charge < -0.3 is 15.7 Å². The highest BCUT2D eigenvalue weighted by Gasteiger charge is 2.70. The number of hydrogen-bond donors (Lipinski definition) is 3. The van der Waals surface area contributed by atoms with Gasteiger partial charge in [0.1, 0.15) is 0 Å². The number of sulfone groups is 1. The normalized spacial score (nSPS) is 42.8. The van der Waals surface area contributed by atoms with Gasteiger partial charge in [0.25, 0.3) is 0 Å². The van der Waals surface area contributed by atoms with Gasteiger partial charge in [-0.25, -0.2) is 13.2 Å². The van der Waals surface area contributed by atoms with E-state index in [9.17, 15) is 18.3 Å². The van der Waals surface area contributed by atoms with Gasteiger partial charge in [-0.2, -0.15) is 0 Å². The second-order valence-electron chi connectivity index (χ2n) is 19.0. The first-order valence-corrected chi connectivity index (χ1v) is 21.6. The minimum atomic E-state index is -2.91. The van der Waals surface area contributed by atoms with Crippen molar-refractivity contribution in [1.82, 2.24) is 10.6 Å². The minimum absolute atomic E-state index is 0.00888. The Bertz CT molecular complexity index is 1650. The van der Waals surface area contributed by atoms with E-state index >= 15 is 0 Å². The third-order valence-corrected chi connectivity index (χ3v) is 19.0. The Hall–Kier alpha value is -1.96. The second-order valence-corrected chi connectivity index (χ2v) is 21.4. The van der Waals surface area contributed by atoms with Gasteiger partial charge in [0.05, 0.1) is 16.6 Å². The number of allylic oxidation sites excluding steroid dienone is 3. The number of aromatic carboxylic acids is 1. The van der Waals surface area contributed by atoms with Crippen LogP contribution in [0, 0.1) is 51.2 Å². The second kappa shape index (κ2) is 12.6. The van der Waals surface area contributed by atoms with Crippen molar-refractivity contribution >= 4 is 21.4 Å². The van der Waals surface area contributed by atoms with Gasteiger partial charge in [-0.1, -0.05) is 65.0 Å². The predicted molar refractivity (Wildman–Crippen MR) is 204 cm³/mol. The van der Waals surface area contributed by atoms with Gasteiger partial charge in [0, 0.05) is 25.2 Å². The van der Waals surface area contributed by atoms with E-state index in [2.05, 4.69) is 64.8 Å². The Morgan fingerprint density at radius 1 is 0.900 bits per heavy atom. The zero-order valence-corrected chi connectivity index (χ0v) is 32.6. The van der Waals surface area contributed by atoms with Crippen LogP contribution in [0.5, 0.6) is 0 Å². The third-order valence-electron chi connectivity index (χ3n) is 16.7. The summed E-state index contributed by atoms with van der Waals surface area (Å²) in [6.07, 6.45) is 15.3. The van der Waals surface area contributed by atoms with Crippen molar-refractivity contribution in [3.63, 3.8) is 0 Å². The summed E-state index contributed by atoms with van der Waals surface area (Å²) in [5, 5.41) is 16.9. The molecule has 1 heterocycles. The van der Waals surface area contributed by atoms with Gasteiger partial charge in [-0.3, -0.25) is 0 Å². The molecule has 1 aliphatic heterocycles. The van der Waals surface area contributed by atoms with E-state index in [1.54, 1.807) is 12.1 Å². The average Bonchev–Trinajstić information content (AvgIpc) is 3.60. The number of hydrogen-bond acceptors (Lipinski definition) is 5. The summed E-state index contributed by atoms with van der Waals surface area (Å²) < 4.78 is 24.7. The lowest BCUT2D eigenvalue weighted by molar-refractivity contribution is -0.219. The molecule has 7 heteroatoms. The van der Waals surface area contributed by atoms with Gasteiger partial charge in [0.2, 0.25) is 0 Å². The van der Waals surface area contributed by atoms with Crippen molar-refractivity contribution in [2.45, 2.75) is 123 Å². The van der Waals surface area contributed by atoms with Gasteiger partial charge in [-0.15, -0.1) is 0 Å². The van der Waals surface area contributed by atoms with Crippen LogP contribution in [0.15, 0.2) is 42.5 Å². The van der Waals surface area contributed by atoms with E-state index in [1.807, 2.05) is 12.1 Å². The molecule has 4 saturated carbocycles. The molecule has 7 rings (SSSR count). The largest absolute Gasteiger partial charge is 0.478 e. The van der Waals surface area contributed by atoms with Crippen molar-refractivity contribution in [3.8, 4) is 0 Å². The number of rotatable bonds is 9. The van der Waals surface area contributed by atoms with Crippen LogP contribution in [0.2, 0.25) is 0 Å². The highest BCUT2D eigenvalue weighted by Crippen LogP contribution is 2.76. The van der Waals surface area contributed by atoms with Crippen LogP contribution < -0.4 is 10.6 Å². The van der Waals surface area contributed by atoms with E-state index in [0.717, 1.165) is 32.4 Å². The average molecular weight is 705 g/mol. The summed E-state index contributed by atoms with van der Waals surface area (Å²) in [6, 6.07) is 7.58. The van der Waals surface area contributed by atoms with E-state index in [-0.39, 0.29) is 32.4 Å². The van der Waals surface area contributed by atoms with E-state index in [0.29, 0.717) is 47.5 Å². The van der Waals surface area contributed by atoms with Crippen LogP contribution in [0.25, 0.3) is 5.57 Å². The predicted octanol–water partition coefficient (Wildman–Crippen LogP) is 8.54. The third kappa shape index (κ3) is 5.44. The summed E-state index contributed by atoms with van der Waals surface area (Å²) in [7, 11) is -2.91. The quantitative estimate of drug-likeness (QED) is 0.176. The highest BCUT2D eigenvalue weighted by molar-refractivity contribution is 7.92. The van der Waals surface area contributed by atoms with Crippen molar-refractivity contribution < 1.29 is 18.3 Å². The van der Waals surface area contributed by atoms with Gasteiger partial charge in [0.15, 0.2) is 9.84 Å². The van der Waals surface area contributed by atoms with Crippen LogP contribution in [0.3, 0.4) is 0 Å². The molecule has 6 aliphatic rings. The highest BCUT2D eigenvalue weighted by atomic mass is 32.2. The fourth-order valence-electron chi connectivity index (χ4n) is 14.1. The molecule has 10 atom stereocenters. The monoisotopic (exact) mass is 704 g/mol. The molecule has 0 amide bonds. The number of nitrogens with one attached hydrogen (secondary N) is 2. The number of fused-ring (bicyclic) bond motifs is 7. The van der Waals surface area contributed by atoms with Gasteiger partial charge >= 0.3 is 5.97 Å². The Morgan fingerprint density at radius 3 is 2.30 bits per heavy atom. The SMILES string of the molecule is C=C(C)[C@@H]1CC[C@]2(NCCNC[C@@H]3CCCS3(=O)=O)CC[C@]3(C)[C@H](CCC4[C@@]5(C)CC=C(c6ccc(C(=O)O)cc6)C(C)(C)C5CC[C@]43C)C12. The van der Waals surface area contributed by atoms with Crippen LogP contribution in [-0.2, 0) is 9.84 Å². The lowest BCUT2D eigenvalue weighted by Gasteiger charge is -2.72. The smallest absolute Gasteiger partial charge is 0.335 e. The van der Waals surface area contributed by atoms with Crippen molar-refractivity contribution in [2.24, 2.45) is 51.2 Å². The van der Waals surface area contributed by atoms with Gasteiger partial charge in [-0.05, 0) is 152 Å². The maximum Gasteiger partial charge on any atom is 0.335 e. The molecule has 276 valence electrons. The molecule has 1 aromatic rings. The number of carboxylic acids is 1. The van der Waals surface area contributed by atoms with Crippen LogP contribution >= 0.6 is 0 Å². The Balaban J connectivity index is 1.12. The molecule has 50 heavy (non-hydrogen) atoms. The summed E-state index contributed by atoms with van der Waals surface area (Å²) in [6.45, 7) is 22.1. The molecule has 6 nitrogen and oxygen atoms in total. The number of benzene rings is 1. The Labute approximate surface area is 302 Å². The first-order chi connectivity index (χ1) is 23.5. The molecule has 5 fully saturated rings. The molecule has 3 N–H and O–H groups in total. The molecule has 0 radical (unpaired) electrons. The maximum absolute atomic E-state index is 12.4. The topological polar surface area (TPSA) is 95.5 Å². The van der Waals surface area contributed by atoms with Crippen molar-refractivity contribution in [1.29, 1.82) is 0 Å². The number of carboxylic acid groups (broad SMARTS) is 1. The van der Waals surface area contributed by atoms with Crippen LogP contribution in [-0.4, -0.2) is 55.7 Å². The fourth-order valence-corrected chi connectivity index (χ4v) is 15.9. The first-order valence-electron chi connectivity index (χ1n) is 19.9. The maximum atomic E-state index is 12.4. The van der Waals surface area contributed by atoms with E-state index in [4.69, 9.17) is 0 Å². The lowest BCUT2D eigenvalue weighted by atomic mass is 9.33. The molecule has 5 aliphatic carbocycles. The molecule has 1 aromatic carbocycles. The van der Waals surface area contributed by atoms with Crippen LogP contribution in [0.1, 0.15) is 128 Å². The molecule has 0 spiro atoms. The molecule has 1 saturated heterocycles.